The highest BCUT2D eigenvalue weighted by Crippen LogP contribution is 2.15. The van der Waals surface area contributed by atoms with Crippen LogP contribution in [0.4, 0.5) is 0 Å². The number of H-pyrrole nitrogens is 1. The number of aromatic amines is 1. The first-order valence-corrected chi connectivity index (χ1v) is 5.23. The predicted molar refractivity (Wildman–Crippen MR) is 59.6 cm³/mol. The van der Waals surface area contributed by atoms with Gasteiger partial charge in [0.15, 0.2) is 0 Å². The van der Waals surface area contributed by atoms with Gasteiger partial charge < -0.3 is 4.74 Å². The molecule has 0 saturated carbocycles. The minimum Gasteiger partial charge on any atom is -0.370 e. The monoisotopic (exact) mass is 216 g/mol. The average Bonchev–Trinajstić information content (AvgIpc) is 2.84. The fourth-order valence-corrected chi connectivity index (χ4v) is 1.92. The van der Waals surface area contributed by atoms with E-state index in [4.69, 9.17) is 4.74 Å². The third-order valence-electron chi connectivity index (χ3n) is 2.86. The Kier molecular flexibility index (Phi) is 1.97. The number of aryl methyl sites for hydroxylation is 1. The van der Waals surface area contributed by atoms with Gasteiger partial charge in [0, 0.05) is 0 Å². The molecule has 1 N–H and O–H groups in total. The second-order valence-corrected chi connectivity index (χ2v) is 4.04. The van der Waals surface area contributed by atoms with E-state index < -0.39 is 0 Å². The van der Waals surface area contributed by atoms with Gasteiger partial charge in [-0.05, 0) is 19.1 Å². The molecular weight excluding hydrogens is 204 g/mol. The van der Waals surface area contributed by atoms with Crippen molar-refractivity contribution < 1.29 is 4.74 Å². The van der Waals surface area contributed by atoms with Crippen molar-refractivity contribution >= 4 is 0 Å². The van der Waals surface area contributed by atoms with Gasteiger partial charge in [-0.1, -0.05) is 17.7 Å². The van der Waals surface area contributed by atoms with Crippen molar-refractivity contribution in [3.05, 3.63) is 51.4 Å². The number of rotatable bonds is 1. The van der Waals surface area contributed by atoms with Crippen LogP contribution in [-0.2, 0) is 18.0 Å². The van der Waals surface area contributed by atoms with Gasteiger partial charge in [-0.3, -0.25) is 9.89 Å². The Morgan fingerprint density at radius 3 is 2.69 bits per heavy atom. The SMILES string of the molecule is Cc1ccc(-n2[nH]c3c(c2=O)COC3)cc1. The minimum absolute atomic E-state index is 0.00338. The minimum atomic E-state index is -0.00338. The van der Waals surface area contributed by atoms with Crippen molar-refractivity contribution in [2.75, 3.05) is 0 Å². The van der Waals surface area contributed by atoms with E-state index in [1.807, 2.05) is 31.2 Å². The summed E-state index contributed by atoms with van der Waals surface area (Å²) in [5.74, 6) is 0. The standard InChI is InChI=1S/C12H12N2O2/c1-8-2-4-9(5-3-8)14-12(15)10-6-16-7-11(10)13-14/h2-5,13H,6-7H2,1H3. The Labute approximate surface area is 92.5 Å². The maximum absolute atomic E-state index is 12.0. The summed E-state index contributed by atoms with van der Waals surface area (Å²) in [6, 6.07) is 7.85. The lowest BCUT2D eigenvalue weighted by molar-refractivity contribution is 0.130. The van der Waals surface area contributed by atoms with Crippen LogP contribution < -0.4 is 5.56 Å². The van der Waals surface area contributed by atoms with Crippen molar-refractivity contribution in [1.82, 2.24) is 9.78 Å². The van der Waals surface area contributed by atoms with Gasteiger partial charge in [0.05, 0.1) is 30.2 Å². The topological polar surface area (TPSA) is 47.0 Å². The fraction of sp³-hybridized carbons (Fsp3) is 0.250. The number of nitrogens with zero attached hydrogens (tertiary/aromatic N) is 1. The lowest BCUT2D eigenvalue weighted by Crippen LogP contribution is -2.17. The molecule has 3 rings (SSSR count). The molecule has 1 aliphatic heterocycles. The van der Waals surface area contributed by atoms with Crippen LogP contribution in [0.1, 0.15) is 16.8 Å². The fourth-order valence-electron chi connectivity index (χ4n) is 1.92. The van der Waals surface area contributed by atoms with E-state index >= 15 is 0 Å². The number of hydrogen-bond donors (Lipinski definition) is 1. The quantitative estimate of drug-likeness (QED) is 0.785. The Morgan fingerprint density at radius 1 is 1.25 bits per heavy atom. The zero-order valence-electron chi connectivity index (χ0n) is 8.99. The highest BCUT2D eigenvalue weighted by molar-refractivity contribution is 5.35. The van der Waals surface area contributed by atoms with Crippen molar-refractivity contribution in [3.8, 4) is 5.69 Å². The van der Waals surface area contributed by atoms with Crippen LogP contribution in [0.15, 0.2) is 29.1 Å². The van der Waals surface area contributed by atoms with Crippen LogP contribution in [0, 0.1) is 6.92 Å². The second-order valence-electron chi connectivity index (χ2n) is 4.04. The molecule has 0 amide bonds. The molecule has 0 spiro atoms. The Balaban J connectivity index is 2.14. The van der Waals surface area contributed by atoms with Gasteiger partial charge in [-0.25, -0.2) is 4.68 Å². The summed E-state index contributed by atoms with van der Waals surface area (Å²) in [6.07, 6.45) is 0. The van der Waals surface area contributed by atoms with Crippen LogP contribution in [0.3, 0.4) is 0 Å². The molecule has 0 aliphatic carbocycles. The van der Waals surface area contributed by atoms with Gasteiger partial charge in [-0.2, -0.15) is 0 Å². The number of nitrogens with one attached hydrogen (secondary N) is 1. The third-order valence-corrected chi connectivity index (χ3v) is 2.86. The molecule has 0 fully saturated rings. The normalized spacial score (nSPS) is 14.1. The zero-order valence-corrected chi connectivity index (χ0v) is 8.99. The molecule has 0 bridgehead atoms. The number of fused-ring (bicyclic) bond motifs is 1. The molecule has 0 radical (unpaired) electrons. The van der Waals surface area contributed by atoms with E-state index in [2.05, 4.69) is 5.10 Å². The highest BCUT2D eigenvalue weighted by Gasteiger charge is 2.20. The van der Waals surface area contributed by atoms with Gasteiger partial charge in [0.25, 0.3) is 5.56 Å². The molecule has 0 unspecified atom stereocenters. The van der Waals surface area contributed by atoms with Gasteiger partial charge in [-0.15, -0.1) is 0 Å². The summed E-state index contributed by atoms with van der Waals surface area (Å²) in [4.78, 5) is 12.0. The summed E-state index contributed by atoms with van der Waals surface area (Å²) in [7, 11) is 0. The highest BCUT2D eigenvalue weighted by atomic mass is 16.5. The molecule has 16 heavy (non-hydrogen) atoms. The molecule has 1 aromatic carbocycles. The molecule has 0 atom stereocenters. The van der Waals surface area contributed by atoms with Crippen LogP contribution in [0.25, 0.3) is 5.69 Å². The van der Waals surface area contributed by atoms with E-state index in [-0.39, 0.29) is 5.56 Å². The number of benzene rings is 1. The van der Waals surface area contributed by atoms with Gasteiger partial charge >= 0.3 is 0 Å². The van der Waals surface area contributed by atoms with E-state index in [1.165, 1.54) is 5.56 Å². The van der Waals surface area contributed by atoms with Crippen molar-refractivity contribution in [2.24, 2.45) is 0 Å². The molecule has 2 heterocycles. The van der Waals surface area contributed by atoms with Crippen LogP contribution >= 0.6 is 0 Å². The lowest BCUT2D eigenvalue weighted by Gasteiger charge is -2.02. The third kappa shape index (κ3) is 1.31. The summed E-state index contributed by atoms with van der Waals surface area (Å²) in [5.41, 5.74) is 3.69. The maximum Gasteiger partial charge on any atom is 0.277 e. The molecule has 1 aliphatic rings. The van der Waals surface area contributed by atoms with Crippen LogP contribution in [0.5, 0.6) is 0 Å². The molecule has 82 valence electrons. The van der Waals surface area contributed by atoms with E-state index in [9.17, 15) is 4.79 Å². The van der Waals surface area contributed by atoms with Gasteiger partial charge in [0.2, 0.25) is 0 Å². The van der Waals surface area contributed by atoms with E-state index in [0.29, 0.717) is 13.2 Å². The molecule has 0 saturated heterocycles. The van der Waals surface area contributed by atoms with E-state index in [1.54, 1.807) is 4.68 Å². The first kappa shape index (κ1) is 9.42. The van der Waals surface area contributed by atoms with E-state index in [0.717, 1.165) is 16.9 Å². The zero-order chi connectivity index (χ0) is 11.1. The number of ether oxygens (including phenoxy) is 1. The Morgan fingerprint density at radius 2 is 2.00 bits per heavy atom. The molecule has 2 aromatic rings. The molecule has 1 aromatic heterocycles. The van der Waals surface area contributed by atoms with Crippen molar-refractivity contribution in [2.45, 2.75) is 20.1 Å². The summed E-state index contributed by atoms with van der Waals surface area (Å²) in [6.45, 7) is 2.95. The lowest BCUT2D eigenvalue weighted by atomic mass is 10.2. The molecule has 4 heteroatoms. The second kappa shape index (κ2) is 3.35. The first-order valence-electron chi connectivity index (χ1n) is 5.23. The summed E-state index contributed by atoms with van der Waals surface area (Å²) >= 11 is 0. The summed E-state index contributed by atoms with van der Waals surface area (Å²) in [5, 5.41) is 3.08. The predicted octanol–water partition coefficient (Wildman–Crippen LogP) is 1.50. The first-order chi connectivity index (χ1) is 7.75. The van der Waals surface area contributed by atoms with Crippen molar-refractivity contribution in [1.29, 1.82) is 0 Å². The van der Waals surface area contributed by atoms with Crippen molar-refractivity contribution in [3.63, 3.8) is 0 Å². The Bertz CT molecular complexity index is 578. The number of aromatic nitrogens is 2. The molecular formula is C12H12N2O2. The largest absolute Gasteiger partial charge is 0.370 e. The molecule has 4 nitrogen and oxygen atoms in total. The Hall–Kier alpha value is -1.81. The average molecular weight is 216 g/mol. The van der Waals surface area contributed by atoms with Crippen LogP contribution in [0.2, 0.25) is 0 Å². The van der Waals surface area contributed by atoms with Crippen LogP contribution in [-0.4, -0.2) is 9.78 Å². The van der Waals surface area contributed by atoms with Gasteiger partial charge in [0.1, 0.15) is 0 Å². The smallest absolute Gasteiger partial charge is 0.277 e. The number of hydrogen-bond acceptors (Lipinski definition) is 2. The maximum atomic E-state index is 12.0. The summed E-state index contributed by atoms with van der Waals surface area (Å²) < 4.78 is 6.78.